The van der Waals surface area contributed by atoms with Gasteiger partial charge in [-0.05, 0) is 28.1 Å². The minimum Gasteiger partial charge on any atom is -0.333 e. The number of hydrogen-bond donors (Lipinski definition) is 0. The zero-order valence-electron chi connectivity index (χ0n) is 8.68. The molecule has 0 saturated carbocycles. The van der Waals surface area contributed by atoms with Gasteiger partial charge in [-0.25, -0.2) is 4.39 Å². The molecule has 0 aliphatic rings. The first-order chi connectivity index (χ1) is 7.72. The summed E-state index contributed by atoms with van der Waals surface area (Å²) < 4.78 is 49.7. The van der Waals surface area contributed by atoms with Crippen molar-refractivity contribution in [2.75, 3.05) is 13.6 Å². The molecule has 94 valence electrons. The summed E-state index contributed by atoms with van der Waals surface area (Å²) in [4.78, 5) is 12.0. The normalized spacial score (nSPS) is 11.4. The predicted octanol–water partition coefficient (Wildman–Crippen LogP) is 3.22. The number of benzene rings is 1. The van der Waals surface area contributed by atoms with Crippen molar-refractivity contribution in [1.29, 1.82) is 0 Å². The van der Waals surface area contributed by atoms with Crippen LogP contribution in [0.2, 0.25) is 0 Å². The molecular weight excluding hydrogens is 306 g/mol. The van der Waals surface area contributed by atoms with E-state index in [1.54, 1.807) is 0 Å². The Morgan fingerprint density at radius 2 is 2.00 bits per heavy atom. The summed E-state index contributed by atoms with van der Waals surface area (Å²) in [6, 6.07) is 3.87. The van der Waals surface area contributed by atoms with E-state index in [1.807, 2.05) is 0 Å². The van der Waals surface area contributed by atoms with Gasteiger partial charge in [0, 0.05) is 7.05 Å². The van der Waals surface area contributed by atoms with Crippen molar-refractivity contribution in [2.24, 2.45) is 0 Å². The number of hydrogen-bond acceptors (Lipinski definition) is 1. The van der Waals surface area contributed by atoms with Gasteiger partial charge in [-0.1, -0.05) is 6.07 Å². The molecule has 0 unspecified atom stereocenters. The molecule has 1 rings (SSSR count). The van der Waals surface area contributed by atoms with E-state index in [-0.39, 0.29) is 4.47 Å². The molecule has 17 heavy (non-hydrogen) atoms. The Kier molecular flexibility index (Phi) is 4.13. The average molecular weight is 314 g/mol. The molecule has 1 amide bonds. The van der Waals surface area contributed by atoms with Crippen molar-refractivity contribution in [1.82, 2.24) is 4.90 Å². The number of carbonyl (C=O) groups is 1. The summed E-state index contributed by atoms with van der Waals surface area (Å²) in [6.45, 7) is -1.42. The Morgan fingerprint density at radius 3 is 2.53 bits per heavy atom. The Bertz CT molecular complexity index is 433. The molecule has 7 heteroatoms. The number of carbonyl (C=O) groups excluding carboxylic acids is 1. The van der Waals surface area contributed by atoms with Gasteiger partial charge < -0.3 is 4.90 Å². The highest BCUT2D eigenvalue weighted by Gasteiger charge is 2.32. The first-order valence-corrected chi connectivity index (χ1v) is 5.28. The summed E-state index contributed by atoms with van der Waals surface area (Å²) in [5, 5.41) is 0. The highest BCUT2D eigenvalue weighted by molar-refractivity contribution is 9.10. The van der Waals surface area contributed by atoms with Gasteiger partial charge in [0.05, 0.1) is 10.0 Å². The largest absolute Gasteiger partial charge is 0.406 e. The fourth-order valence-corrected chi connectivity index (χ4v) is 1.58. The van der Waals surface area contributed by atoms with Crippen LogP contribution in [0, 0.1) is 5.82 Å². The fourth-order valence-electron chi connectivity index (χ4n) is 1.22. The van der Waals surface area contributed by atoms with Crippen LogP contribution in [0.5, 0.6) is 0 Å². The Morgan fingerprint density at radius 1 is 1.41 bits per heavy atom. The maximum absolute atomic E-state index is 13.5. The van der Waals surface area contributed by atoms with E-state index in [1.165, 1.54) is 12.1 Å². The quantitative estimate of drug-likeness (QED) is 0.768. The van der Waals surface area contributed by atoms with Gasteiger partial charge in [0.15, 0.2) is 0 Å². The second-order valence-electron chi connectivity index (χ2n) is 3.38. The molecule has 1 aromatic rings. The van der Waals surface area contributed by atoms with Crippen LogP contribution in [0.15, 0.2) is 22.7 Å². The van der Waals surface area contributed by atoms with Crippen LogP contribution in [0.25, 0.3) is 0 Å². The van der Waals surface area contributed by atoms with Crippen molar-refractivity contribution in [2.45, 2.75) is 6.18 Å². The van der Waals surface area contributed by atoms with Gasteiger partial charge in [0.1, 0.15) is 12.4 Å². The molecule has 0 spiro atoms. The van der Waals surface area contributed by atoms with Gasteiger partial charge >= 0.3 is 6.18 Å². The van der Waals surface area contributed by atoms with Crippen molar-refractivity contribution >= 4 is 21.8 Å². The highest BCUT2D eigenvalue weighted by Crippen LogP contribution is 2.21. The van der Waals surface area contributed by atoms with Gasteiger partial charge in [-0.3, -0.25) is 4.79 Å². The van der Waals surface area contributed by atoms with E-state index in [9.17, 15) is 22.4 Å². The van der Waals surface area contributed by atoms with Crippen molar-refractivity contribution in [3.8, 4) is 0 Å². The lowest BCUT2D eigenvalue weighted by Gasteiger charge is -2.19. The summed E-state index contributed by atoms with van der Waals surface area (Å²) >= 11 is 2.86. The maximum Gasteiger partial charge on any atom is 0.406 e. The average Bonchev–Trinajstić information content (AvgIpc) is 2.18. The van der Waals surface area contributed by atoms with E-state index in [0.29, 0.717) is 4.90 Å². The molecule has 0 saturated heterocycles. The number of rotatable bonds is 2. The zero-order valence-corrected chi connectivity index (χ0v) is 10.3. The lowest BCUT2D eigenvalue weighted by Crippen LogP contribution is -2.36. The first kappa shape index (κ1) is 14.0. The zero-order chi connectivity index (χ0) is 13.2. The van der Waals surface area contributed by atoms with Gasteiger partial charge in [0.25, 0.3) is 5.91 Å². The molecule has 0 atom stereocenters. The third-order valence-corrected chi connectivity index (χ3v) is 2.56. The third kappa shape index (κ3) is 3.69. The number of alkyl halides is 3. The molecule has 0 radical (unpaired) electrons. The van der Waals surface area contributed by atoms with Gasteiger partial charge in [0.2, 0.25) is 0 Å². The van der Waals surface area contributed by atoms with Crippen LogP contribution in [0.1, 0.15) is 10.4 Å². The fraction of sp³-hybridized carbons (Fsp3) is 0.300. The van der Waals surface area contributed by atoms with E-state index in [4.69, 9.17) is 0 Å². The molecule has 0 aliphatic carbocycles. The second-order valence-corrected chi connectivity index (χ2v) is 4.23. The molecule has 0 aliphatic heterocycles. The van der Waals surface area contributed by atoms with Crippen molar-refractivity contribution in [3.05, 3.63) is 34.1 Å². The van der Waals surface area contributed by atoms with Crippen LogP contribution in [-0.4, -0.2) is 30.6 Å². The lowest BCUT2D eigenvalue weighted by molar-refractivity contribution is -0.138. The van der Waals surface area contributed by atoms with Crippen LogP contribution in [0.4, 0.5) is 17.6 Å². The summed E-state index contributed by atoms with van der Waals surface area (Å²) in [5.74, 6) is -1.88. The van der Waals surface area contributed by atoms with Crippen LogP contribution in [-0.2, 0) is 0 Å². The smallest absolute Gasteiger partial charge is 0.333 e. The topological polar surface area (TPSA) is 20.3 Å². The molecule has 2 nitrogen and oxygen atoms in total. The Hall–Kier alpha value is -1.11. The number of halogens is 5. The molecule has 0 bridgehead atoms. The van der Waals surface area contributed by atoms with E-state index in [2.05, 4.69) is 15.9 Å². The van der Waals surface area contributed by atoms with E-state index < -0.39 is 30.0 Å². The van der Waals surface area contributed by atoms with E-state index >= 15 is 0 Å². The third-order valence-electron chi connectivity index (χ3n) is 1.95. The number of amides is 1. The first-order valence-electron chi connectivity index (χ1n) is 4.48. The molecule has 1 aromatic carbocycles. The van der Waals surface area contributed by atoms with Gasteiger partial charge in [-0.15, -0.1) is 0 Å². The van der Waals surface area contributed by atoms with E-state index in [0.717, 1.165) is 13.1 Å². The maximum atomic E-state index is 13.5. The monoisotopic (exact) mass is 313 g/mol. The highest BCUT2D eigenvalue weighted by atomic mass is 79.9. The van der Waals surface area contributed by atoms with Crippen molar-refractivity contribution < 1.29 is 22.4 Å². The molecule has 0 fully saturated rings. The minimum atomic E-state index is -4.51. The Labute approximate surface area is 103 Å². The van der Waals surface area contributed by atoms with Crippen molar-refractivity contribution in [3.63, 3.8) is 0 Å². The predicted molar refractivity (Wildman–Crippen MR) is 57.1 cm³/mol. The Balaban J connectivity index is 2.93. The summed E-state index contributed by atoms with van der Waals surface area (Å²) in [6.07, 6.45) is -4.51. The van der Waals surface area contributed by atoms with Crippen LogP contribution < -0.4 is 0 Å². The molecule has 0 heterocycles. The summed E-state index contributed by atoms with van der Waals surface area (Å²) in [5.41, 5.74) is -0.397. The number of nitrogens with zero attached hydrogens (tertiary/aromatic N) is 1. The summed E-state index contributed by atoms with van der Waals surface area (Å²) in [7, 11) is 0.968. The van der Waals surface area contributed by atoms with Gasteiger partial charge in [-0.2, -0.15) is 13.2 Å². The SMILES string of the molecule is CN(CC(F)(F)F)C(=O)c1cccc(Br)c1F. The minimum absolute atomic E-state index is 0.0313. The molecular formula is C10H8BrF4NO. The lowest BCUT2D eigenvalue weighted by atomic mass is 10.2. The second kappa shape index (κ2) is 5.03. The van der Waals surface area contributed by atoms with Crippen LogP contribution in [0.3, 0.4) is 0 Å². The molecule has 0 aromatic heterocycles. The van der Waals surface area contributed by atoms with Crippen LogP contribution >= 0.6 is 15.9 Å². The molecule has 0 N–H and O–H groups in total. The standard InChI is InChI=1S/C10H8BrF4NO/c1-16(5-10(13,14)15)9(17)6-3-2-4-7(11)8(6)12/h2-4H,5H2,1H3.